The Kier molecular flexibility index (Phi) is 4.49. The lowest BCUT2D eigenvalue weighted by molar-refractivity contribution is 0.0980. The summed E-state index contributed by atoms with van der Waals surface area (Å²) in [5.74, 6) is 0. The van der Waals surface area contributed by atoms with Crippen molar-refractivity contribution >= 4 is 32.0 Å². The molecule has 0 saturated heterocycles. The SMILES string of the molecule is CN(C)C(=O)ONS(=O)(=O)c1ccccc1Br. The van der Waals surface area contributed by atoms with Crippen molar-refractivity contribution in [1.82, 2.24) is 9.79 Å². The zero-order valence-electron chi connectivity index (χ0n) is 9.18. The molecule has 94 valence electrons. The van der Waals surface area contributed by atoms with Crippen molar-refractivity contribution in [3.8, 4) is 0 Å². The van der Waals surface area contributed by atoms with Crippen molar-refractivity contribution in [1.29, 1.82) is 0 Å². The monoisotopic (exact) mass is 322 g/mol. The van der Waals surface area contributed by atoms with Gasteiger partial charge in [0.05, 0.1) is 4.90 Å². The second-order valence-electron chi connectivity index (χ2n) is 3.28. The van der Waals surface area contributed by atoms with Gasteiger partial charge in [-0.3, -0.25) is 0 Å². The molecule has 1 aromatic carbocycles. The molecule has 0 aromatic heterocycles. The summed E-state index contributed by atoms with van der Waals surface area (Å²) < 4.78 is 23.9. The molecule has 0 aliphatic rings. The molecule has 0 aliphatic carbocycles. The van der Waals surface area contributed by atoms with Crippen LogP contribution in [0.5, 0.6) is 0 Å². The van der Waals surface area contributed by atoms with Gasteiger partial charge in [0.1, 0.15) is 0 Å². The standard InChI is InChI=1S/C9H11BrN2O4S/c1-12(2)9(13)16-11-17(14,15)8-6-4-3-5-7(8)10/h3-6,11H,1-2H3. The highest BCUT2D eigenvalue weighted by molar-refractivity contribution is 9.10. The summed E-state index contributed by atoms with van der Waals surface area (Å²) in [4.78, 5) is 18.3. The third-order valence-electron chi connectivity index (χ3n) is 1.73. The number of benzene rings is 1. The first-order valence-electron chi connectivity index (χ1n) is 4.49. The number of hydrogen-bond acceptors (Lipinski definition) is 4. The van der Waals surface area contributed by atoms with Crippen LogP contribution in [0.25, 0.3) is 0 Å². The lowest BCUT2D eigenvalue weighted by Gasteiger charge is -2.11. The number of halogens is 1. The fourth-order valence-corrected chi connectivity index (χ4v) is 2.67. The molecule has 6 nitrogen and oxygen atoms in total. The summed E-state index contributed by atoms with van der Waals surface area (Å²) in [5.41, 5.74) is 0. The minimum Gasteiger partial charge on any atom is -0.338 e. The lowest BCUT2D eigenvalue weighted by atomic mass is 10.4. The summed E-state index contributed by atoms with van der Waals surface area (Å²) in [6.07, 6.45) is -0.805. The van der Waals surface area contributed by atoms with Crippen molar-refractivity contribution < 1.29 is 18.0 Å². The van der Waals surface area contributed by atoms with Crippen LogP contribution in [0.15, 0.2) is 33.6 Å². The molecule has 0 fully saturated rings. The number of sulfonamides is 1. The van der Waals surface area contributed by atoms with E-state index in [4.69, 9.17) is 0 Å². The van der Waals surface area contributed by atoms with Crippen LogP contribution < -0.4 is 4.89 Å². The number of carbonyl (C=O) groups excluding carboxylic acids is 1. The quantitative estimate of drug-likeness (QED) is 0.852. The average Bonchev–Trinajstić information content (AvgIpc) is 2.26. The normalized spacial score (nSPS) is 11.0. The maximum Gasteiger partial charge on any atom is 0.429 e. The van der Waals surface area contributed by atoms with Crippen LogP contribution in [-0.4, -0.2) is 33.5 Å². The van der Waals surface area contributed by atoms with Gasteiger partial charge in [-0.15, -0.1) is 0 Å². The van der Waals surface area contributed by atoms with Crippen LogP contribution in [0, 0.1) is 0 Å². The maximum atomic E-state index is 11.7. The minimum absolute atomic E-state index is 0.00782. The van der Waals surface area contributed by atoms with E-state index in [1.807, 2.05) is 0 Å². The fraction of sp³-hybridized carbons (Fsp3) is 0.222. The molecule has 0 aliphatic heterocycles. The second-order valence-corrected chi connectivity index (χ2v) is 5.75. The second kappa shape index (κ2) is 5.48. The summed E-state index contributed by atoms with van der Waals surface area (Å²) >= 11 is 3.10. The van der Waals surface area contributed by atoms with Gasteiger partial charge < -0.3 is 9.74 Å². The Bertz CT molecular complexity index is 515. The van der Waals surface area contributed by atoms with Gasteiger partial charge >= 0.3 is 6.09 Å². The first kappa shape index (κ1) is 13.9. The van der Waals surface area contributed by atoms with E-state index in [0.29, 0.717) is 4.47 Å². The summed E-state index contributed by atoms with van der Waals surface area (Å²) in [6, 6.07) is 6.19. The van der Waals surface area contributed by atoms with E-state index < -0.39 is 16.1 Å². The molecule has 1 amide bonds. The van der Waals surface area contributed by atoms with Crippen molar-refractivity contribution in [2.75, 3.05) is 14.1 Å². The molecule has 0 atom stereocenters. The van der Waals surface area contributed by atoms with Gasteiger partial charge in [0.2, 0.25) is 0 Å². The van der Waals surface area contributed by atoms with Crippen molar-refractivity contribution in [3.05, 3.63) is 28.7 Å². The van der Waals surface area contributed by atoms with Gasteiger partial charge in [-0.2, -0.15) is 0 Å². The van der Waals surface area contributed by atoms with Crippen LogP contribution in [0.2, 0.25) is 0 Å². The van der Waals surface area contributed by atoms with Crippen LogP contribution in [0.1, 0.15) is 0 Å². The van der Waals surface area contributed by atoms with Gasteiger partial charge in [-0.05, 0) is 32.9 Å². The van der Waals surface area contributed by atoms with Gasteiger partial charge in [0.15, 0.2) is 0 Å². The third-order valence-corrected chi connectivity index (χ3v) is 3.92. The largest absolute Gasteiger partial charge is 0.429 e. The number of hydrogen-bond donors (Lipinski definition) is 1. The lowest BCUT2D eigenvalue weighted by Crippen LogP contribution is -2.33. The van der Waals surface area contributed by atoms with Crippen LogP contribution in [0.4, 0.5) is 4.79 Å². The highest BCUT2D eigenvalue weighted by atomic mass is 79.9. The zero-order valence-corrected chi connectivity index (χ0v) is 11.6. The molecule has 0 unspecified atom stereocenters. The number of rotatable bonds is 3. The van der Waals surface area contributed by atoms with Crippen LogP contribution in [-0.2, 0) is 14.9 Å². The number of amides is 1. The van der Waals surface area contributed by atoms with Gasteiger partial charge in [-0.25, -0.2) is 13.2 Å². The predicted octanol–water partition coefficient (Wildman–Crippen LogP) is 1.34. The smallest absolute Gasteiger partial charge is 0.338 e. The van der Waals surface area contributed by atoms with Crippen molar-refractivity contribution in [3.63, 3.8) is 0 Å². The Balaban J connectivity index is 2.84. The third kappa shape index (κ3) is 3.69. The molecule has 1 rings (SSSR count). The Morgan fingerprint density at radius 3 is 2.47 bits per heavy atom. The minimum atomic E-state index is -3.89. The number of nitrogens with one attached hydrogen (secondary N) is 1. The highest BCUT2D eigenvalue weighted by Crippen LogP contribution is 2.20. The van der Waals surface area contributed by atoms with E-state index in [1.165, 1.54) is 20.2 Å². The zero-order chi connectivity index (χ0) is 13.1. The van der Waals surface area contributed by atoms with E-state index in [2.05, 4.69) is 20.8 Å². The molecule has 1 N–H and O–H groups in total. The first-order chi connectivity index (χ1) is 7.84. The Hall–Kier alpha value is -1.12. The summed E-state index contributed by atoms with van der Waals surface area (Å²) in [5, 5.41) is 0. The van der Waals surface area contributed by atoms with E-state index in [1.54, 1.807) is 23.1 Å². The molecular formula is C9H11BrN2O4S. The van der Waals surface area contributed by atoms with Crippen LogP contribution in [0.3, 0.4) is 0 Å². The fourth-order valence-electron chi connectivity index (χ4n) is 0.889. The van der Waals surface area contributed by atoms with Crippen molar-refractivity contribution in [2.45, 2.75) is 4.90 Å². The first-order valence-corrected chi connectivity index (χ1v) is 6.76. The predicted molar refractivity (Wildman–Crippen MR) is 64.6 cm³/mol. The van der Waals surface area contributed by atoms with Gasteiger partial charge in [0, 0.05) is 18.6 Å². The molecular weight excluding hydrogens is 312 g/mol. The molecule has 0 spiro atoms. The highest BCUT2D eigenvalue weighted by Gasteiger charge is 2.19. The molecule has 17 heavy (non-hydrogen) atoms. The molecule has 0 heterocycles. The van der Waals surface area contributed by atoms with E-state index in [9.17, 15) is 13.2 Å². The Labute approximate surface area is 108 Å². The van der Waals surface area contributed by atoms with E-state index >= 15 is 0 Å². The molecule has 0 radical (unpaired) electrons. The molecule has 8 heteroatoms. The van der Waals surface area contributed by atoms with Gasteiger partial charge in [-0.1, -0.05) is 12.1 Å². The molecule has 0 saturated carbocycles. The van der Waals surface area contributed by atoms with Gasteiger partial charge in [0.25, 0.3) is 10.0 Å². The topological polar surface area (TPSA) is 75.7 Å². The van der Waals surface area contributed by atoms with E-state index in [-0.39, 0.29) is 4.90 Å². The Morgan fingerprint density at radius 2 is 1.94 bits per heavy atom. The molecule has 1 aromatic rings. The summed E-state index contributed by atoms with van der Waals surface area (Å²) in [7, 11) is -1.01. The van der Waals surface area contributed by atoms with Crippen molar-refractivity contribution in [2.24, 2.45) is 0 Å². The Morgan fingerprint density at radius 1 is 1.35 bits per heavy atom. The number of carbonyl (C=O) groups is 1. The van der Waals surface area contributed by atoms with Crippen LogP contribution >= 0.6 is 15.9 Å². The molecule has 0 bridgehead atoms. The van der Waals surface area contributed by atoms with E-state index in [0.717, 1.165) is 4.90 Å². The average molecular weight is 323 g/mol. The maximum absolute atomic E-state index is 11.7. The number of nitrogens with zero attached hydrogens (tertiary/aromatic N) is 1. The summed E-state index contributed by atoms with van der Waals surface area (Å²) in [6.45, 7) is 0.